The molecule has 0 unspecified atom stereocenters. The normalized spacial score (nSPS) is 25.9. The zero-order valence-electron chi connectivity index (χ0n) is 13.8. The van der Waals surface area contributed by atoms with Gasteiger partial charge in [0.2, 0.25) is 5.95 Å². The number of fused-ring (bicyclic) bond motifs is 1. The lowest BCUT2D eigenvalue weighted by Gasteiger charge is -2.53. The number of piperidine rings is 1. The first-order chi connectivity index (χ1) is 10.0. The second-order valence-electron chi connectivity index (χ2n) is 7.19. The summed E-state index contributed by atoms with van der Waals surface area (Å²) >= 11 is 0. The summed E-state index contributed by atoms with van der Waals surface area (Å²) in [5.41, 5.74) is 2.15. The molecule has 1 aromatic heterocycles. The van der Waals surface area contributed by atoms with Crippen LogP contribution in [0, 0.1) is 25.7 Å². The Balaban J connectivity index is 1.58. The van der Waals surface area contributed by atoms with Crippen LogP contribution in [0.2, 0.25) is 0 Å². The molecular formula is C17H28N4. The quantitative estimate of drug-likeness (QED) is 0.852. The highest BCUT2D eigenvalue weighted by Gasteiger charge is 2.42. The number of hydrogen-bond acceptors (Lipinski definition) is 4. The fourth-order valence-corrected chi connectivity index (χ4v) is 3.69. The van der Waals surface area contributed by atoms with E-state index in [1.54, 1.807) is 0 Å². The monoisotopic (exact) mass is 288 g/mol. The molecule has 2 aliphatic heterocycles. The van der Waals surface area contributed by atoms with Crippen LogP contribution in [0.25, 0.3) is 0 Å². The molecule has 3 heterocycles. The Hall–Kier alpha value is -1.16. The average Bonchev–Trinajstić information content (AvgIpc) is 2.38. The van der Waals surface area contributed by atoms with Crippen LogP contribution in [0.15, 0.2) is 6.07 Å². The van der Waals surface area contributed by atoms with Gasteiger partial charge in [0.1, 0.15) is 0 Å². The molecule has 0 spiro atoms. The zero-order valence-corrected chi connectivity index (χ0v) is 13.8. The maximum absolute atomic E-state index is 4.62. The number of likely N-dealkylation sites (tertiary alicyclic amines) is 1. The maximum atomic E-state index is 4.62. The molecule has 0 amide bonds. The molecule has 0 aliphatic carbocycles. The van der Waals surface area contributed by atoms with Crippen LogP contribution in [0.4, 0.5) is 5.95 Å². The van der Waals surface area contributed by atoms with Crippen molar-refractivity contribution < 1.29 is 0 Å². The van der Waals surface area contributed by atoms with Gasteiger partial charge in [0.25, 0.3) is 0 Å². The summed E-state index contributed by atoms with van der Waals surface area (Å²) in [5, 5.41) is 0. The van der Waals surface area contributed by atoms with E-state index in [-0.39, 0.29) is 0 Å². The molecule has 2 saturated heterocycles. The minimum Gasteiger partial charge on any atom is -0.340 e. The second kappa shape index (κ2) is 5.91. The van der Waals surface area contributed by atoms with Crippen molar-refractivity contribution in [1.82, 2.24) is 14.9 Å². The highest BCUT2D eigenvalue weighted by Crippen LogP contribution is 2.33. The van der Waals surface area contributed by atoms with E-state index in [2.05, 4.69) is 47.5 Å². The van der Waals surface area contributed by atoms with Gasteiger partial charge >= 0.3 is 0 Å². The number of nitrogens with zero attached hydrogens (tertiary/aromatic N) is 4. The smallest absolute Gasteiger partial charge is 0.225 e. The van der Waals surface area contributed by atoms with Crippen molar-refractivity contribution in [3.8, 4) is 0 Å². The largest absolute Gasteiger partial charge is 0.340 e. The molecule has 0 radical (unpaired) electrons. The molecule has 0 N–H and O–H groups in total. The van der Waals surface area contributed by atoms with E-state index < -0.39 is 0 Å². The van der Waals surface area contributed by atoms with Gasteiger partial charge in [0, 0.05) is 43.0 Å². The average molecular weight is 288 g/mol. The maximum Gasteiger partial charge on any atom is 0.225 e. The number of anilines is 1. The Morgan fingerprint density at radius 2 is 1.90 bits per heavy atom. The molecule has 0 aromatic carbocycles. The van der Waals surface area contributed by atoms with E-state index in [0.717, 1.165) is 48.3 Å². The second-order valence-corrected chi connectivity index (χ2v) is 7.19. The summed E-state index contributed by atoms with van der Waals surface area (Å²) in [4.78, 5) is 14.3. The summed E-state index contributed by atoms with van der Waals surface area (Å²) in [6.07, 6.45) is 2.59. The minimum atomic E-state index is 0.811. The molecule has 3 rings (SSSR count). The summed E-state index contributed by atoms with van der Waals surface area (Å²) in [6.45, 7) is 13.5. The van der Waals surface area contributed by atoms with Crippen molar-refractivity contribution in [2.75, 3.05) is 31.1 Å². The molecule has 2 atom stereocenters. The molecule has 1 aromatic rings. The topological polar surface area (TPSA) is 32.3 Å². The molecule has 2 fully saturated rings. The number of hydrogen-bond donors (Lipinski definition) is 0. The van der Waals surface area contributed by atoms with Crippen molar-refractivity contribution in [2.24, 2.45) is 11.8 Å². The van der Waals surface area contributed by atoms with Gasteiger partial charge in [-0.2, -0.15) is 0 Å². The summed E-state index contributed by atoms with van der Waals surface area (Å²) < 4.78 is 0. The third kappa shape index (κ3) is 3.20. The van der Waals surface area contributed by atoms with Gasteiger partial charge in [0.05, 0.1) is 0 Å². The summed E-state index contributed by atoms with van der Waals surface area (Å²) in [6, 6.07) is 2.86. The van der Waals surface area contributed by atoms with E-state index >= 15 is 0 Å². The van der Waals surface area contributed by atoms with Gasteiger partial charge in [0.15, 0.2) is 0 Å². The molecule has 116 valence electrons. The Morgan fingerprint density at radius 3 is 2.52 bits per heavy atom. The first-order valence-electron chi connectivity index (χ1n) is 8.34. The van der Waals surface area contributed by atoms with Gasteiger partial charge in [-0.15, -0.1) is 0 Å². The van der Waals surface area contributed by atoms with Gasteiger partial charge < -0.3 is 4.90 Å². The fraction of sp³-hybridized carbons (Fsp3) is 0.765. The highest BCUT2D eigenvalue weighted by molar-refractivity contribution is 5.34. The molecule has 21 heavy (non-hydrogen) atoms. The first-order valence-corrected chi connectivity index (χ1v) is 8.34. The van der Waals surface area contributed by atoms with Crippen LogP contribution in [0.5, 0.6) is 0 Å². The SMILES string of the molecule is Cc1cc(C)nc(N2CC[C@@H]3[C@@H](C2)CN3CCC(C)C)n1. The van der Waals surface area contributed by atoms with Crippen molar-refractivity contribution in [2.45, 2.75) is 46.6 Å². The van der Waals surface area contributed by atoms with Gasteiger partial charge in [-0.3, -0.25) is 4.90 Å². The number of aromatic nitrogens is 2. The predicted octanol–water partition coefficient (Wildman–Crippen LogP) is 2.65. The molecule has 4 nitrogen and oxygen atoms in total. The van der Waals surface area contributed by atoms with Crippen LogP contribution in [-0.2, 0) is 0 Å². The Bertz CT molecular complexity index is 479. The van der Waals surface area contributed by atoms with Crippen LogP contribution in [0.3, 0.4) is 0 Å². The van der Waals surface area contributed by atoms with Gasteiger partial charge in [-0.05, 0) is 45.2 Å². The van der Waals surface area contributed by atoms with E-state index in [4.69, 9.17) is 0 Å². The highest BCUT2D eigenvalue weighted by atomic mass is 15.3. The fourth-order valence-electron chi connectivity index (χ4n) is 3.69. The predicted molar refractivity (Wildman–Crippen MR) is 86.6 cm³/mol. The summed E-state index contributed by atoms with van der Waals surface area (Å²) in [5.74, 6) is 2.56. The third-order valence-corrected chi connectivity index (χ3v) is 4.88. The lowest BCUT2D eigenvalue weighted by Crippen LogP contribution is -2.63. The lowest BCUT2D eigenvalue weighted by atomic mass is 9.82. The van der Waals surface area contributed by atoms with Crippen LogP contribution in [0.1, 0.15) is 38.1 Å². The summed E-state index contributed by atoms with van der Waals surface area (Å²) in [7, 11) is 0. The van der Waals surface area contributed by atoms with Crippen molar-refractivity contribution in [3.63, 3.8) is 0 Å². The van der Waals surface area contributed by atoms with E-state index in [1.807, 2.05) is 6.07 Å². The molecule has 0 bridgehead atoms. The lowest BCUT2D eigenvalue weighted by molar-refractivity contribution is -0.00105. The van der Waals surface area contributed by atoms with Crippen molar-refractivity contribution >= 4 is 5.95 Å². The van der Waals surface area contributed by atoms with Gasteiger partial charge in [-0.1, -0.05) is 13.8 Å². The molecule has 4 heteroatoms. The third-order valence-electron chi connectivity index (χ3n) is 4.88. The van der Waals surface area contributed by atoms with Crippen LogP contribution < -0.4 is 4.90 Å². The zero-order chi connectivity index (χ0) is 15.0. The van der Waals surface area contributed by atoms with Crippen LogP contribution in [-0.4, -0.2) is 47.1 Å². The Kier molecular flexibility index (Phi) is 4.16. The van der Waals surface area contributed by atoms with E-state index in [1.165, 1.54) is 25.9 Å². The van der Waals surface area contributed by atoms with Crippen molar-refractivity contribution in [3.05, 3.63) is 17.5 Å². The van der Waals surface area contributed by atoms with E-state index in [0.29, 0.717) is 0 Å². The standard InChI is InChI=1S/C17H28N4/c1-12(2)5-7-20-10-15-11-21(8-6-16(15)20)17-18-13(3)9-14(4)19-17/h9,12,15-16H,5-8,10-11H2,1-4H3/t15-,16-/m1/s1. The molecule has 0 saturated carbocycles. The van der Waals surface area contributed by atoms with Gasteiger partial charge in [-0.25, -0.2) is 9.97 Å². The van der Waals surface area contributed by atoms with Crippen LogP contribution >= 0.6 is 0 Å². The van der Waals surface area contributed by atoms with Crippen molar-refractivity contribution in [1.29, 1.82) is 0 Å². The first kappa shape index (κ1) is 14.8. The molecule has 2 aliphatic rings. The molecular weight excluding hydrogens is 260 g/mol. The number of aryl methyl sites for hydroxylation is 2. The Morgan fingerprint density at radius 1 is 1.19 bits per heavy atom. The number of rotatable bonds is 4. The van der Waals surface area contributed by atoms with E-state index in [9.17, 15) is 0 Å². The minimum absolute atomic E-state index is 0.811. The Labute approximate surface area is 128 Å².